The molecule has 0 bridgehead atoms. The first-order chi connectivity index (χ1) is 11.8. The van der Waals surface area contributed by atoms with Crippen LogP contribution in [0.4, 0.5) is 4.39 Å². The molecule has 6 rings (SSSR count). The normalized spacial score (nSPS) is 13.7. The van der Waals surface area contributed by atoms with Crippen molar-refractivity contribution in [3.8, 4) is 22.4 Å². The number of hydrogen-bond donors (Lipinski definition) is 0. The van der Waals surface area contributed by atoms with Gasteiger partial charge in [0.1, 0.15) is 5.82 Å². The third-order valence-electron chi connectivity index (χ3n) is 5.55. The van der Waals surface area contributed by atoms with Gasteiger partial charge >= 0.3 is 0 Å². The smallest absolute Gasteiger partial charge is 0.128 e. The second-order valence-corrected chi connectivity index (χ2v) is 6.71. The van der Waals surface area contributed by atoms with E-state index in [1.807, 2.05) is 12.1 Å². The fraction of sp³-hybridized carbons (Fsp3) is 0.0909. The molecule has 0 spiro atoms. The number of benzene rings is 3. The number of fused-ring (bicyclic) bond motifs is 7. The van der Waals surface area contributed by atoms with Crippen LogP contribution in [0.15, 0.2) is 60.7 Å². The molecular formula is C22H14FN. The van der Waals surface area contributed by atoms with Gasteiger partial charge in [-0.05, 0) is 22.8 Å². The van der Waals surface area contributed by atoms with Gasteiger partial charge in [0.25, 0.3) is 0 Å². The molecule has 2 aliphatic rings. The number of rotatable bonds is 0. The Bertz CT molecular complexity index is 1170. The predicted molar refractivity (Wildman–Crippen MR) is 94.7 cm³/mol. The van der Waals surface area contributed by atoms with E-state index in [0.29, 0.717) is 6.54 Å². The number of nitrogens with zero attached hydrogens (tertiary/aromatic N) is 1. The number of halogens is 1. The molecule has 1 aromatic heterocycles. The summed E-state index contributed by atoms with van der Waals surface area (Å²) >= 11 is 0. The van der Waals surface area contributed by atoms with Crippen LogP contribution in [0, 0.1) is 5.82 Å². The topological polar surface area (TPSA) is 4.93 Å². The van der Waals surface area contributed by atoms with Crippen LogP contribution in [0.5, 0.6) is 0 Å². The standard InChI is InChI=1S/C22H14FN/c23-20-10-4-7-15-16-8-3-9-17-18-11-13-5-1-2-6-14(13)21(18)24(22(16)17)12-19(15)20/h1-10H,11-12H2. The van der Waals surface area contributed by atoms with Crippen molar-refractivity contribution < 1.29 is 4.39 Å². The van der Waals surface area contributed by atoms with E-state index in [-0.39, 0.29) is 5.82 Å². The zero-order valence-electron chi connectivity index (χ0n) is 13.0. The van der Waals surface area contributed by atoms with Gasteiger partial charge in [0.05, 0.1) is 17.8 Å². The summed E-state index contributed by atoms with van der Waals surface area (Å²) in [5.74, 6) is -0.108. The molecule has 24 heavy (non-hydrogen) atoms. The molecule has 0 saturated carbocycles. The van der Waals surface area contributed by atoms with Crippen molar-refractivity contribution in [3.63, 3.8) is 0 Å². The minimum atomic E-state index is -0.108. The molecule has 0 atom stereocenters. The molecule has 1 aliphatic carbocycles. The zero-order chi connectivity index (χ0) is 15.8. The SMILES string of the molecule is Fc1cccc2c1Cn1c3c(c4cccc-2c41)Cc1ccccc1-3. The third kappa shape index (κ3) is 1.35. The van der Waals surface area contributed by atoms with Gasteiger partial charge in [0, 0.05) is 28.5 Å². The molecular weight excluding hydrogens is 297 g/mol. The van der Waals surface area contributed by atoms with Crippen molar-refractivity contribution in [2.24, 2.45) is 0 Å². The summed E-state index contributed by atoms with van der Waals surface area (Å²) in [6, 6.07) is 20.5. The largest absolute Gasteiger partial charge is 0.335 e. The average Bonchev–Trinajstić information content (AvgIpc) is 3.13. The highest BCUT2D eigenvalue weighted by Gasteiger charge is 2.30. The fourth-order valence-electron chi connectivity index (χ4n) is 4.57. The Balaban J connectivity index is 1.79. The first-order valence-corrected chi connectivity index (χ1v) is 8.33. The molecule has 114 valence electrons. The number of hydrogen-bond acceptors (Lipinski definition) is 0. The summed E-state index contributed by atoms with van der Waals surface area (Å²) in [7, 11) is 0. The Hall–Kier alpha value is -2.87. The minimum absolute atomic E-state index is 0.108. The minimum Gasteiger partial charge on any atom is -0.335 e. The van der Waals surface area contributed by atoms with Crippen molar-refractivity contribution >= 4 is 10.9 Å². The maximum absolute atomic E-state index is 14.5. The van der Waals surface area contributed by atoms with Gasteiger partial charge in [-0.3, -0.25) is 0 Å². The number of aromatic nitrogens is 1. The van der Waals surface area contributed by atoms with Crippen molar-refractivity contribution in [2.75, 3.05) is 0 Å². The highest BCUT2D eigenvalue weighted by molar-refractivity contribution is 6.04. The van der Waals surface area contributed by atoms with Gasteiger partial charge in [0.2, 0.25) is 0 Å². The molecule has 0 unspecified atom stereocenters. The Kier molecular flexibility index (Phi) is 2.17. The van der Waals surface area contributed by atoms with E-state index in [4.69, 9.17) is 0 Å². The quantitative estimate of drug-likeness (QED) is 0.355. The van der Waals surface area contributed by atoms with Gasteiger partial charge in [-0.25, -0.2) is 4.39 Å². The van der Waals surface area contributed by atoms with Crippen LogP contribution in [-0.2, 0) is 13.0 Å². The summed E-state index contributed by atoms with van der Waals surface area (Å²) in [6.45, 7) is 0.610. The molecule has 2 heteroatoms. The lowest BCUT2D eigenvalue weighted by atomic mass is 9.94. The Morgan fingerprint density at radius 2 is 1.54 bits per heavy atom. The van der Waals surface area contributed by atoms with Crippen LogP contribution in [-0.4, -0.2) is 4.57 Å². The third-order valence-corrected chi connectivity index (χ3v) is 5.55. The predicted octanol–water partition coefficient (Wildman–Crippen LogP) is 5.38. The van der Waals surface area contributed by atoms with E-state index < -0.39 is 0 Å². The first-order valence-electron chi connectivity index (χ1n) is 8.33. The van der Waals surface area contributed by atoms with Gasteiger partial charge in [-0.2, -0.15) is 0 Å². The monoisotopic (exact) mass is 311 g/mol. The molecule has 0 fully saturated rings. The van der Waals surface area contributed by atoms with E-state index in [9.17, 15) is 4.39 Å². The summed E-state index contributed by atoms with van der Waals surface area (Å²) in [4.78, 5) is 0. The van der Waals surface area contributed by atoms with E-state index in [1.165, 1.54) is 33.3 Å². The van der Waals surface area contributed by atoms with Crippen molar-refractivity contribution in [2.45, 2.75) is 13.0 Å². The molecule has 0 radical (unpaired) electrons. The van der Waals surface area contributed by atoms with Gasteiger partial charge in [-0.15, -0.1) is 0 Å². The van der Waals surface area contributed by atoms with E-state index >= 15 is 0 Å². The summed E-state index contributed by atoms with van der Waals surface area (Å²) in [5.41, 5.74) is 9.60. The van der Waals surface area contributed by atoms with Crippen LogP contribution in [0.1, 0.15) is 16.7 Å². The Morgan fingerprint density at radius 3 is 2.50 bits per heavy atom. The molecule has 0 saturated heterocycles. The molecule has 1 nitrogen and oxygen atoms in total. The molecule has 0 N–H and O–H groups in total. The van der Waals surface area contributed by atoms with Gasteiger partial charge < -0.3 is 4.57 Å². The van der Waals surface area contributed by atoms with Crippen molar-refractivity contribution in [3.05, 3.63) is 83.2 Å². The summed E-state index contributed by atoms with van der Waals surface area (Å²) in [6.07, 6.45) is 0.970. The maximum Gasteiger partial charge on any atom is 0.128 e. The number of para-hydroxylation sites is 1. The molecule has 1 aliphatic heterocycles. The van der Waals surface area contributed by atoms with E-state index in [0.717, 1.165) is 23.1 Å². The zero-order valence-corrected chi connectivity index (χ0v) is 13.0. The highest BCUT2D eigenvalue weighted by atomic mass is 19.1. The van der Waals surface area contributed by atoms with Crippen molar-refractivity contribution in [1.29, 1.82) is 0 Å². The highest BCUT2D eigenvalue weighted by Crippen LogP contribution is 2.48. The van der Waals surface area contributed by atoms with Crippen LogP contribution in [0.25, 0.3) is 33.3 Å². The second kappa shape index (κ2) is 4.15. The van der Waals surface area contributed by atoms with Crippen LogP contribution < -0.4 is 0 Å². The summed E-state index contributed by atoms with van der Waals surface area (Å²) in [5, 5.41) is 1.31. The lowest BCUT2D eigenvalue weighted by molar-refractivity contribution is 0.602. The molecule has 2 heterocycles. The average molecular weight is 311 g/mol. The van der Waals surface area contributed by atoms with Crippen LogP contribution in [0.2, 0.25) is 0 Å². The Labute approximate surface area is 139 Å². The van der Waals surface area contributed by atoms with E-state index in [1.54, 1.807) is 6.07 Å². The lowest BCUT2D eigenvalue weighted by Crippen LogP contribution is -2.10. The molecule has 0 amide bonds. The Morgan fingerprint density at radius 1 is 0.750 bits per heavy atom. The first kappa shape index (κ1) is 12.5. The molecule has 3 aromatic carbocycles. The maximum atomic E-state index is 14.5. The lowest BCUT2D eigenvalue weighted by Gasteiger charge is -2.22. The second-order valence-electron chi connectivity index (χ2n) is 6.71. The van der Waals surface area contributed by atoms with Gasteiger partial charge in [0.15, 0.2) is 0 Å². The summed E-state index contributed by atoms with van der Waals surface area (Å²) < 4.78 is 16.8. The van der Waals surface area contributed by atoms with Crippen LogP contribution >= 0.6 is 0 Å². The van der Waals surface area contributed by atoms with E-state index in [2.05, 4.69) is 47.0 Å². The van der Waals surface area contributed by atoms with Gasteiger partial charge in [-0.1, -0.05) is 54.6 Å². The van der Waals surface area contributed by atoms with Crippen LogP contribution in [0.3, 0.4) is 0 Å². The fourth-order valence-corrected chi connectivity index (χ4v) is 4.57. The molecule has 4 aromatic rings. The van der Waals surface area contributed by atoms with Crippen molar-refractivity contribution in [1.82, 2.24) is 4.57 Å².